The molecule has 3 heteroatoms. The van der Waals surface area contributed by atoms with E-state index in [0.717, 1.165) is 33.8 Å². The van der Waals surface area contributed by atoms with Crippen molar-refractivity contribution in [2.45, 2.75) is 18.9 Å². The third-order valence-electron chi connectivity index (χ3n) is 2.91. The Bertz CT molecular complexity index is 503. The molecule has 0 bridgehead atoms. The fraction of sp³-hybridized carbons (Fsp3) is 0.273. The normalized spacial score (nSPS) is 20.3. The van der Waals surface area contributed by atoms with Crippen LogP contribution in [0.25, 0.3) is 10.9 Å². The van der Waals surface area contributed by atoms with Crippen molar-refractivity contribution in [2.75, 3.05) is 0 Å². The standard InChI is InChI=1S/C11H10BrNO/c12-7-3-1-2-6-10-8(13-11(6)7)4-5-9(10)14/h1-3,9,13-14H,4-5H2. The topological polar surface area (TPSA) is 36.0 Å². The van der Waals surface area contributed by atoms with Crippen LogP contribution in [0.5, 0.6) is 0 Å². The van der Waals surface area contributed by atoms with Gasteiger partial charge in [-0.25, -0.2) is 0 Å². The van der Waals surface area contributed by atoms with Crippen LogP contribution in [-0.2, 0) is 6.42 Å². The fourth-order valence-corrected chi connectivity index (χ4v) is 2.72. The molecule has 2 nitrogen and oxygen atoms in total. The van der Waals surface area contributed by atoms with Crippen molar-refractivity contribution in [3.05, 3.63) is 33.9 Å². The number of aromatic amines is 1. The van der Waals surface area contributed by atoms with Crippen LogP contribution in [0, 0.1) is 0 Å². The lowest BCUT2D eigenvalue weighted by molar-refractivity contribution is 0.181. The second-order valence-corrected chi connectivity index (χ2v) is 4.59. The number of aliphatic hydroxyl groups excluding tert-OH is 1. The van der Waals surface area contributed by atoms with Gasteiger partial charge in [0.05, 0.1) is 11.6 Å². The average molecular weight is 252 g/mol. The third-order valence-corrected chi connectivity index (χ3v) is 3.57. The number of halogens is 1. The lowest BCUT2D eigenvalue weighted by Crippen LogP contribution is -1.88. The smallest absolute Gasteiger partial charge is 0.0817 e. The van der Waals surface area contributed by atoms with Crippen molar-refractivity contribution in [2.24, 2.45) is 0 Å². The number of aryl methyl sites for hydroxylation is 1. The minimum absolute atomic E-state index is 0.284. The molecule has 0 saturated heterocycles. The third kappa shape index (κ3) is 0.996. The van der Waals surface area contributed by atoms with E-state index in [9.17, 15) is 5.11 Å². The molecule has 2 aromatic rings. The molecule has 14 heavy (non-hydrogen) atoms. The monoisotopic (exact) mass is 251 g/mol. The molecule has 1 heterocycles. The SMILES string of the molecule is OC1CCc2[nH]c3c(Br)cccc3c21. The highest BCUT2D eigenvalue weighted by Crippen LogP contribution is 2.38. The zero-order valence-corrected chi connectivity index (χ0v) is 9.13. The Kier molecular flexibility index (Phi) is 1.73. The molecular formula is C11H10BrNO. The van der Waals surface area contributed by atoms with Gasteiger partial charge in [-0.15, -0.1) is 0 Å². The molecule has 0 amide bonds. The molecule has 0 aliphatic heterocycles. The summed E-state index contributed by atoms with van der Waals surface area (Å²) in [4.78, 5) is 3.37. The summed E-state index contributed by atoms with van der Waals surface area (Å²) >= 11 is 3.50. The van der Waals surface area contributed by atoms with Crippen LogP contribution < -0.4 is 0 Å². The Hall–Kier alpha value is -0.800. The molecule has 1 aromatic heterocycles. The molecule has 0 spiro atoms. The van der Waals surface area contributed by atoms with Gasteiger partial charge in [0.25, 0.3) is 0 Å². The van der Waals surface area contributed by atoms with Crippen LogP contribution >= 0.6 is 15.9 Å². The highest BCUT2D eigenvalue weighted by molar-refractivity contribution is 9.10. The van der Waals surface area contributed by atoms with E-state index in [2.05, 4.69) is 27.0 Å². The highest BCUT2D eigenvalue weighted by Gasteiger charge is 2.25. The summed E-state index contributed by atoms with van der Waals surface area (Å²) in [6.07, 6.45) is 1.52. The van der Waals surface area contributed by atoms with Gasteiger partial charge in [-0.2, -0.15) is 0 Å². The minimum atomic E-state index is -0.284. The maximum atomic E-state index is 9.82. The van der Waals surface area contributed by atoms with E-state index in [1.54, 1.807) is 0 Å². The Balaban J connectivity index is 2.41. The lowest BCUT2D eigenvalue weighted by atomic mass is 10.1. The molecule has 1 aliphatic carbocycles. The Labute approximate surface area is 90.1 Å². The molecule has 2 N–H and O–H groups in total. The van der Waals surface area contributed by atoms with Gasteiger partial charge in [0.1, 0.15) is 0 Å². The fourth-order valence-electron chi connectivity index (χ4n) is 2.26. The molecule has 1 atom stereocenters. The molecule has 1 aromatic carbocycles. The Morgan fingerprint density at radius 3 is 3.14 bits per heavy atom. The zero-order chi connectivity index (χ0) is 9.71. The van der Waals surface area contributed by atoms with Crippen molar-refractivity contribution in [1.82, 2.24) is 4.98 Å². The first-order valence-corrected chi connectivity index (χ1v) is 5.53. The van der Waals surface area contributed by atoms with E-state index < -0.39 is 0 Å². The number of aliphatic hydroxyl groups is 1. The predicted molar refractivity (Wildman–Crippen MR) is 59.3 cm³/mol. The molecule has 1 unspecified atom stereocenters. The van der Waals surface area contributed by atoms with E-state index >= 15 is 0 Å². The number of para-hydroxylation sites is 1. The van der Waals surface area contributed by atoms with Crippen LogP contribution in [0.3, 0.4) is 0 Å². The van der Waals surface area contributed by atoms with Crippen LogP contribution in [0.1, 0.15) is 23.8 Å². The van der Waals surface area contributed by atoms with Gasteiger partial charge in [0.2, 0.25) is 0 Å². The second kappa shape index (κ2) is 2.84. The number of hydrogen-bond acceptors (Lipinski definition) is 1. The van der Waals surface area contributed by atoms with Crippen molar-refractivity contribution < 1.29 is 5.11 Å². The first-order chi connectivity index (χ1) is 6.77. The van der Waals surface area contributed by atoms with Crippen LogP contribution in [-0.4, -0.2) is 10.1 Å². The van der Waals surface area contributed by atoms with E-state index in [4.69, 9.17) is 0 Å². The molecule has 1 aliphatic rings. The van der Waals surface area contributed by atoms with Crippen LogP contribution in [0.15, 0.2) is 22.7 Å². The number of fused-ring (bicyclic) bond motifs is 3. The van der Waals surface area contributed by atoms with E-state index in [1.165, 1.54) is 5.69 Å². The van der Waals surface area contributed by atoms with Crippen LogP contribution in [0.4, 0.5) is 0 Å². The maximum absolute atomic E-state index is 9.82. The van der Waals surface area contributed by atoms with Gasteiger partial charge in [0, 0.05) is 21.1 Å². The Morgan fingerprint density at radius 2 is 2.29 bits per heavy atom. The molecule has 0 radical (unpaired) electrons. The first kappa shape index (κ1) is 8.50. The van der Waals surface area contributed by atoms with E-state index in [-0.39, 0.29) is 6.10 Å². The number of aromatic nitrogens is 1. The predicted octanol–water partition coefficient (Wildman–Crippen LogP) is 2.91. The zero-order valence-electron chi connectivity index (χ0n) is 7.55. The largest absolute Gasteiger partial charge is 0.388 e. The first-order valence-electron chi connectivity index (χ1n) is 4.74. The van der Waals surface area contributed by atoms with Crippen molar-refractivity contribution >= 4 is 26.8 Å². The number of hydrogen-bond donors (Lipinski definition) is 2. The second-order valence-electron chi connectivity index (χ2n) is 3.73. The van der Waals surface area contributed by atoms with Gasteiger partial charge in [-0.1, -0.05) is 12.1 Å². The number of H-pyrrole nitrogens is 1. The summed E-state index contributed by atoms with van der Waals surface area (Å²) in [5.41, 5.74) is 3.40. The number of benzene rings is 1. The summed E-state index contributed by atoms with van der Waals surface area (Å²) in [5.74, 6) is 0. The van der Waals surface area contributed by atoms with Gasteiger partial charge in [-0.3, -0.25) is 0 Å². The van der Waals surface area contributed by atoms with Crippen molar-refractivity contribution in [1.29, 1.82) is 0 Å². The Morgan fingerprint density at radius 1 is 1.43 bits per heavy atom. The van der Waals surface area contributed by atoms with Gasteiger partial charge in [0.15, 0.2) is 0 Å². The number of nitrogens with one attached hydrogen (secondary N) is 1. The molecule has 0 fully saturated rings. The summed E-state index contributed by atoms with van der Waals surface area (Å²) in [7, 11) is 0. The van der Waals surface area contributed by atoms with E-state index in [0.29, 0.717) is 0 Å². The summed E-state index contributed by atoms with van der Waals surface area (Å²) in [6.45, 7) is 0. The average Bonchev–Trinajstić information content (AvgIpc) is 2.68. The molecule has 0 saturated carbocycles. The summed E-state index contributed by atoms with van der Waals surface area (Å²) < 4.78 is 1.07. The minimum Gasteiger partial charge on any atom is -0.388 e. The molecular weight excluding hydrogens is 242 g/mol. The summed E-state index contributed by atoms with van der Waals surface area (Å²) in [5, 5.41) is 11.0. The summed E-state index contributed by atoms with van der Waals surface area (Å²) in [6, 6.07) is 6.08. The van der Waals surface area contributed by atoms with Crippen LogP contribution in [0.2, 0.25) is 0 Å². The van der Waals surface area contributed by atoms with Crippen molar-refractivity contribution in [3.8, 4) is 0 Å². The van der Waals surface area contributed by atoms with Gasteiger partial charge >= 0.3 is 0 Å². The van der Waals surface area contributed by atoms with Crippen molar-refractivity contribution in [3.63, 3.8) is 0 Å². The van der Waals surface area contributed by atoms with E-state index in [1.807, 2.05) is 12.1 Å². The highest BCUT2D eigenvalue weighted by atomic mass is 79.9. The number of rotatable bonds is 0. The van der Waals surface area contributed by atoms with Gasteiger partial charge in [-0.05, 0) is 34.8 Å². The van der Waals surface area contributed by atoms with Gasteiger partial charge < -0.3 is 10.1 Å². The molecule has 72 valence electrons. The lowest BCUT2D eigenvalue weighted by Gasteiger charge is -2.01. The quantitative estimate of drug-likeness (QED) is 0.743. The maximum Gasteiger partial charge on any atom is 0.0817 e. The molecule has 3 rings (SSSR count).